The van der Waals surface area contributed by atoms with Crippen molar-refractivity contribution in [1.82, 2.24) is 5.32 Å². The highest BCUT2D eigenvalue weighted by Crippen LogP contribution is 2.26. The largest absolute Gasteiger partial charge is 0.497 e. The molecule has 1 aromatic carbocycles. The van der Waals surface area contributed by atoms with Gasteiger partial charge in [-0.15, -0.1) is 0 Å². The van der Waals surface area contributed by atoms with Crippen LogP contribution >= 0.6 is 0 Å². The Morgan fingerprint density at radius 1 is 1.29 bits per heavy atom. The van der Waals surface area contributed by atoms with Gasteiger partial charge in [-0.05, 0) is 25.2 Å². The zero-order valence-corrected chi connectivity index (χ0v) is 9.60. The van der Waals surface area contributed by atoms with Gasteiger partial charge in [0.1, 0.15) is 11.5 Å². The van der Waals surface area contributed by atoms with E-state index < -0.39 is 12.8 Å². The van der Waals surface area contributed by atoms with Crippen LogP contribution in [0, 0.1) is 0 Å². The zero-order valence-electron chi connectivity index (χ0n) is 9.60. The van der Waals surface area contributed by atoms with Crippen LogP contribution in [0.3, 0.4) is 0 Å². The Morgan fingerprint density at radius 2 is 2.00 bits per heavy atom. The molecule has 1 N–H and O–H groups in total. The van der Waals surface area contributed by atoms with Crippen molar-refractivity contribution in [3.63, 3.8) is 0 Å². The van der Waals surface area contributed by atoms with Crippen molar-refractivity contribution in [1.29, 1.82) is 0 Å². The summed E-state index contributed by atoms with van der Waals surface area (Å²) in [5, 5.41) is 2.86. The van der Waals surface area contributed by atoms with E-state index in [4.69, 9.17) is 9.47 Å². The molecule has 0 aliphatic rings. The second-order valence-corrected chi connectivity index (χ2v) is 3.41. The van der Waals surface area contributed by atoms with Crippen molar-refractivity contribution in [3.8, 4) is 11.5 Å². The average Bonchev–Trinajstić information content (AvgIpc) is 2.26. The fraction of sp³-hybridized carbons (Fsp3) is 0.455. The summed E-state index contributed by atoms with van der Waals surface area (Å²) >= 11 is 0. The Hall–Kier alpha value is -1.43. The van der Waals surface area contributed by atoms with Gasteiger partial charge in [0.15, 0.2) is 6.61 Å². The first kappa shape index (κ1) is 13.6. The van der Waals surface area contributed by atoms with Crippen molar-refractivity contribution in [2.75, 3.05) is 20.8 Å². The SMILES string of the molecule is CNCc1cc(OC)ccc1OCC(F)(F)F. The molecular formula is C11H14F3NO2. The fourth-order valence-electron chi connectivity index (χ4n) is 1.31. The predicted octanol–water partition coefficient (Wildman–Crippen LogP) is 2.36. The molecule has 3 nitrogen and oxygen atoms in total. The molecule has 1 rings (SSSR count). The first-order chi connectivity index (χ1) is 7.96. The second kappa shape index (κ2) is 5.77. The third-order valence-corrected chi connectivity index (χ3v) is 2.03. The van der Waals surface area contributed by atoms with E-state index in [0.29, 0.717) is 17.9 Å². The normalized spacial score (nSPS) is 11.4. The summed E-state index contributed by atoms with van der Waals surface area (Å²) in [6, 6.07) is 4.67. The molecule has 6 heteroatoms. The van der Waals surface area contributed by atoms with Crippen LogP contribution < -0.4 is 14.8 Å². The second-order valence-electron chi connectivity index (χ2n) is 3.41. The quantitative estimate of drug-likeness (QED) is 0.869. The maximum absolute atomic E-state index is 12.0. The highest BCUT2D eigenvalue weighted by atomic mass is 19.4. The van der Waals surface area contributed by atoms with Gasteiger partial charge in [0, 0.05) is 12.1 Å². The van der Waals surface area contributed by atoms with Crippen LogP contribution in [0.5, 0.6) is 11.5 Å². The molecule has 0 radical (unpaired) electrons. The van der Waals surface area contributed by atoms with Crippen molar-refractivity contribution in [2.24, 2.45) is 0 Å². The van der Waals surface area contributed by atoms with Gasteiger partial charge in [0.05, 0.1) is 7.11 Å². The van der Waals surface area contributed by atoms with E-state index in [2.05, 4.69) is 5.32 Å². The van der Waals surface area contributed by atoms with Crippen LogP contribution in [0.1, 0.15) is 5.56 Å². The van der Waals surface area contributed by atoms with E-state index in [9.17, 15) is 13.2 Å². The number of nitrogens with one attached hydrogen (secondary N) is 1. The number of hydrogen-bond donors (Lipinski definition) is 1. The Kier molecular flexibility index (Phi) is 4.62. The lowest BCUT2D eigenvalue weighted by molar-refractivity contribution is -0.153. The van der Waals surface area contributed by atoms with Crippen molar-refractivity contribution in [2.45, 2.75) is 12.7 Å². The first-order valence-electron chi connectivity index (χ1n) is 4.97. The van der Waals surface area contributed by atoms with Gasteiger partial charge < -0.3 is 14.8 Å². The smallest absolute Gasteiger partial charge is 0.422 e. The molecule has 17 heavy (non-hydrogen) atoms. The number of halogens is 3. The number of hydrogen-bond acceptors (Lipinski definition) is 3. The van der Waals surface area contributed by atoms with E-state index >= 15 is 0 Å². The van der Waals surface area contributed by atoms with E-state index in [1.165, 1.54) is 13.2 Å². The van der Waals surface area contributed by atoms with Crippen LogP contribution in [-0.4, -0.2) is 26.9 Å². The van der Waals surface area contributed by atoms with Crippen molar-refractivity contribution >= 4 is 0 Å². The summed E-state index contributed by atoms with van der Waals surface area (Å²) in [5.41, 5.74) is 0.621. The Labute approximate surface area is 97.5 Å². The highest BCUT2D eigenvalue weighted by Gasteiger charge is 2.28. The molecular weight excluding hydrogens is 235 g/mol. The van der Waals surface area contributed by atoms with Crippen LogP contribution in [-0.2, 0) is 6.54 Å². The van der Waals surface area contributed by atoms with Gasteiger partial charge in [-0.1, -0.05) is 0 Å². The first-order valence-corrected chi connectivity index (χ1v) is 4.97. The molecule has 0 spiro atoms. The van der Waals surface area contributed by atoms with Crippen LogP contribution in [0.4, 0.5) is 13.2 Å². The Morgan fingerprint density at radius 3 is 2.53 bits per heavy atom. The molecule has 0 saturated carbocycles. The molecule has 0 amide bonds. The molecule has 0 saturated heterocycles. The van der Waals surface area contributed by atoms with Gasteiger partial charge >= 0.3 is 6.18 Å². The van der Waals surface area contributed by atoms with E-state index in [1.54, 1.807) is 19.2 Å². The molecule has 0 aromatic heterocycles. The number of methoxy groups -OCH3 is 1. The van der Waals surface area contributed by atoms with Gasteiger partial charge in [-0.2, -0.15) is 13.2 Å². The molecule has 0 atom stereocenters. The molecule has 0 aliphatic carbocycles. The predicted molar refractivity (Wildman–Crippen MR) is 57.3 cm³/mol. The summed E-state index contributed by atoms with van der Waals surface area (Å²) < 4.78 is 45.8. The minimum Gasteiger partial charge on any atom is -0.497 e. The molecule has 96 valence electrons. The maximum atomic E-state index is 12.0. The van der Waals surface area contributed by atoms with Crippen molar-refractivity contribution in [3.05, 3.63) is 23.8 Å². The standard InChI is InChI=1S/C11H14F3NO2/c1-15-6-8-5-9(16-2)3-4-10(8)17-7-11(12,13)14/h3-5,15H,6-7H2,1-2H3. The number of rotatable bonds is 5. The number of alkyl halides is 3. The Bertz CT molecular complexity index is 366. The average molecular weight is 249 g/mol. The monoisotopic (exact) mass is 249 g/mol. The minimum absolute atomic E-state index is 0.206. The molecule has 0 heterocycles. The van der Waals surface area contributed by atoms with Crippen molar-refractivity contribution < 1.29 is 22.6 Å². The molecule has 0 fully saturated rings. The van der Waals surface area contributed by atoms with E-state index in [1.807, 2.05) is 0 Å². The van der Waals surface area contributed by atoms with Gasteiger partial charge in [-0.3, -0.25) is 0 Å². The Balaban J connectivity index is 2.82. The summed E-state index contributed by atoms with van der Waals surface area (Å²) in [6.07, 6.45) is -4.34. The fourth-order valence-corrected chi connectivity index (χ4v) is 1.31. The molecule has 0 bridgehead atoms. The van der Waals surface area contributed by atoms with E-state index in [0.717, 1.165) is 0 Å². The van der Waals surface area contributed by atoms with Crippen LogP contribution in [0.2, 0.25) is 0 Å². The number of benzene rings is 1. The molecule has 1 aromatic rings. The lowest BCUT2D eigenvalue weighted by Crippen LogP contribution is -2.20. The summed E-state index contributed by atoms with van der Waals surface area (Å²) in [7, 11) is 3.20. The van der Waals surface area contributed by atoms with Gasteiger partial charge in [0.25, 0.3) is 0 Å². The zero-order chi connectivity index (χ0) is 12.9. The lowest BCUT2D eigenvalue weighted by Gasteiger charge is -2.14. The minimum atomic E-state index is -4.34. The third-order valence-electron chi connectivity index (χ3n) is 2.03. The maximum Gasteiger partial charge on any atom is 0.422 e. The van der Waals surface area contributed by atoms with E-state index in [-0.39, 0.29) is 5.75 Å². The summed E-state index contributed by atoms with van der Waals surface area (Å²) in [6.45, 7) is -0.888. The van der Waals surface area contributed by atoms with Gasteiger partial charge in [0.2, 0.25) is 0 Å². The van der Waals surface area contributed by atoms with Crippen LogP contribution in [0.25, 0.3) is 0 Å². The third kappa shape index (κ3) is 4.52. The highest BCUT2D eigenvalue weighted by molar-refractivity contribution is 5.40. The van der Waals surface area contributed by atoms with Crippen LogP contribution in [0.15, 0.2) is 18.2 Å². The summed E-state index contributed by atoms with van der Waals surface area (Å²) in [4.78, 5) is 0. The molecule has 0 unspecified atom stereocenters. The number of ether oxygens (including phenoxy) is 2. The topological polar surface area (TPSA) is 30.5 Å². The lowest BCUT2D eigenvalue weighted by atomic mass is 10.2. The molecule has 0 aliphatic heterocycles. The summed E-state index contributed by atoms with van der Waals surface area (Å²) in [5.74, 6) is 0.784. The van der Waals surface area contributed by atoms with Gasteiger partial charge in [-0.25, -0.2) is 0 Å².